The van der Waals surface area contributed by atoms with Crippen LogP contribution < -0.4 is 10.4 Å². The van der Waals surface area contributed by atoms with Gasteiger partial charge in [-0.1, -0.05) is 47.1 Å². The summed E-state index contributed by atoms with van der Waals surface area (Å²) in [4.78, 5) is 12.8. The number of nitrogens with one attached hydrogen (secondary N) is 1. The van der Waals surface area contributed by atoms with E-state index >= 15 is 0 Å². The number of nitrogens with zero attached hydrogens (tertiary/aromatic N) is 1. The zero-order valence-corrected chi connectivity index (χ0v) is 21.2. The first-order chi connectivity index (χ1) is 16.1. The van der Waals surface area contributed by atoms with E-state index in [2.05, 4.69) is 10.2 Å². The summed E-state index contributed by atoms with van der Waals surface area (Å²) in [7, 11) is -2.20. The number of aromatic nitrogens is 1. The minimum atomic E-state index is -3.55. The number of benzene rings is 2. The molecule has 0 radical (unpaired) electrons. The van der Waals surface area contributed by atoms with Crippen molar-refractivity contribution in [2.75, 3.05) is 12.2 Å². The van der Waals surface area contributed by atoms with Crippen molar-refractivity contribution in [3.05, 3.63) is 76.0 Å². The third-order valence-corrected chi connectivity index (χ3v) is 8.97. The lowest BCUT2D eigenvalue weighted by atomic mass is 10.0. The Morgan fingerprint density at radius 3 is 2.29 bits per heavy atom. The Hall–Kier alpha value is -3.19. The fourth-order valence-corrected chi connectivity index (χ4v) is 6.71. The molecule has 9 heteroatoms. The number of anilines is 1. The van der Waals surface area contributed by atoms with Crippen molar-refractivity contribution in [3.63, 3.8) is 0 Å². The summed E-state index contributed by atoms with van der Waals surface area (Å²) in [6.45, 7) is 7.56. The topological polar surface area (TPSA) is 102 Å². The molecule has 176 valence electrons. The highest BCUT2D eigenvalue weighted by molar-refractivity contribution is 7.68. The molecular weight excluding hydrogens is 471 g/mol. The van der Waals surface area contributed by atoms with E-state index in [1.165, 1.54) is 7.11 Å². The monoisotopic (exact) mass is 496 g/mol. The molecule has 2 heterocycles. The summed E-state index contributed by atoms with van der Waals surface area (Å²) in [6.07, 6.45) is 0. The van der Waals surface area contributed by atoms with Crippen LogP contribution in [0.4, 0.5) is 5.69 Å². The molecule has 0 amide bonds. The summed E-state index contributed by atoms with van der Waals surface area (Å²) in [5.74, 6) is -0.364. The van der Waals surface area contributed by atoms with E-state index in [9.17, 15) is 14.5 Å². The minimum Gasteiger partial charge on any atom is -0.477 e. The van der Waals surface area contributed by atoms with Crippen LogP contribution in [0.25, 0.3) is 21.6 Å². The van der Waals surface area contributed by atoms with E-state index in [1.807, 2.05) is 64.1 Å². The van der Waals surface area contributed by atoms with Gasteiger partial charge in [-0.15, -0.1) is 11.3 Å². The summed E-state index contributed by atoms with van der Waals surface area (Å²) in [6, 6.07) is 15.0. The Morgan fingerprint density at radius 1 is 1.06 bits per heavy atom. The fraction of sp³-hybridized carbons (Fsp3) is 0.200. The molecule has 1 atom stereocenters. The van der Waals surface area contributed by atoms with Crippen LogP contribution in [0.15, 0.2) is 53.1 Å². The molecule has 0 saturated heterocycles. The van der Waals surface area contributed by atoms with Crippen LogP contribution in [-0.2, 0) is 9.09 Å². The number of thiophene rings is 1. The highest BCUT2D eigenvalue weighted by Gasteiger charge is 2.30. The first-order valence-corrected chi connectivity index (χ1v) is 13.0. The lowest BCUT2D eigenvalue weighted by Crippen LogP contribution is -2.17. The summed E-state index contributed by atoms with van der Waals surface area (Å²) in [5.41, 5.74) is 5.66. The van der Waals surface area contributed by atoms with Crippen LogP contribution >= 0.6 is 18.9 Å². The van der Waals surface area contributed by atoms with Crippen LogP contribution in [0.2, 0.25) is 0 Å². The molecule has 34 heavy (non-hydrogen) atoms. The Balaban J connectivity index is 1.71. The van der Waals surface area contributed by atoms with Crippen molar-refractivity contribution in [1.82, 2.24) is 5.16 Å². The zero-order valence-electron chi connectivity index (χ0n) is 19.5. The van der Waals surface area contributed by atoms with Crippen LogP contribution in [-0.4, -0.2) is 23.3 Å². The molecule has 0 spiro atoms. The first kappa shape index (κ1) is 24.0. The van der Waals surface area contributed by atoms with Crippen molar-refractivity contribution >= 4 is 35.8 Å². The maximum Gasteiger partial charge on any atom is 0.348 e. The second-order valence-corrected chi connectivity index (χ2v) is 11.3. The van der Waals surface area contributed by atoms with Gasteiger partial charge in [0.2, 0.25) is 0 Å². The highest BCUT2D eigenvalue weighted by Crippen LogP contribution is 2.48. The molecule has 4 rings (SSSR count). The van der Waals surface area contributed by atoms with E-state index in [0.29, 0.717) is 5.30 Å². The number of hydrogen-bond acceptors (Lipinski definition) is 6. The van der Waals surface area contributed by atoms with Gasteiger partial charge in [0.25, 0.3) is 0 Å². The third kappa shape index (κ3) is 4.44. The molecule has 0 aliphatic heterocycles. The average Bonchev–Trinajstić information content (AvgIpc) is 3.36. The summed E-state index contributed by atoms with van der Waals surface area (Å²) < 4.78 is 24.4. The number of aryl methyl sites for hydroxylation is 4. The van der Waals surface area contributed by atoms with E-state index in [4.69, 9.17) is 9.05 Å². The molecule has 2 aromatic carbocycles. The van der Waals surface area contributed by atoms with Gasteiger partial charge in [0.05, 0.1) is 16.7 Å². The number of hydrogen-bond donors (Lipinski definition) is 2. The Labute approximate surface area is 201 Å². The number of aromatic carboxylic acids is 1. The van der Waals surface area contributed by atoms with Crippen LogP contribution in [0.1, 0.15) is 32.3 Å². The Bertz CT molecular complexity index is 1400. The third-order valence-electron chi connectivity index (χ3n) is 5.61. The molecule has 1 unspecified atom stereocenters. The number of rotatable bonds is 7. The molecule has 7 nitrogen and oxygen atoms in total. The van der Waals surface area contributed by atoms with Crippen molar-refractivity contribution in [2.45, 2.75) is 27.7 Å². The second-order valence-electron chi connectivity index (χ2n) is 8.07. The SMILES string of the molecule is COP(=O)(Nc1cc(-c2ccc(-c3c(C)noc3C)cc2)sc1C(=O)O)c1ccc(C)cc1C. The lowest BCUT2D eigenvalue weighted by Gasteiger charge is -2.20. The van der Waals surface area contributed by atoms with Gasteiger partial charge in [0, 0.05) is 17.6 Å². The van der Waals surface area contributed by atoms with E-state index in [0.717, 1.165) is 55.5 Å². The maximum atomic E-state index is 13.7. The van der Waals surface area contributed by atoms with Gasteiger partial charge in [-0.25, -0.2) is 4.79 Å². The van der Waals surface area contributed by atoms with Crippen LogP contribution in [0.3, 0.4) is 0 Å². The van der Waals surface area contributed by atoms with Gasteiger partial charge < -0.3 is 19.2 Å². The molecule has 0 fully saturated rings. The van der Waals surface area contributed by atoms with Crippen LogP contribution in [0.5, 0.6) is 0 Å². The normalized spacial score (nSPS) is 13.0. The molecule has 0 bridgehead atoms. The fourth-order valence-electron chi connectivity index (χ4n) is 3.97. The maximum absolute atomic E-state index is 13.7. The number of carboxylic acids is 1. The van der Waals surface area contributed by atoms with E-state index in [1.54, 1.807) is 12.1 Å². The average molecular weight is 497 g/mol. The highest BCUT2D eigenvalue weighted by atomic mass is 32.1. The van der Waals surface area contributed by atoms with Crippen molar-refractivity contribution < 1.29 is 23.5 Å². The first-order valence-electron chi connectivity index (χ1n) is 10.6. The zero-order chi connectivity index (χ0) is 24.6. The largest absolute Gasteiger partial charge is 0.477 e. The van der Waals surface area contributed by atoms with Gasteiger partial charge in [0.15, 0.2) is 0 Å². The molecule has 0 aliphatic rings. The molecule has 4 aromatic rings. The molecule has 2 N–H and O–H groups in total. The van der Waals surface area contributed by atoms with Crippen molar-refractivity contribution in [1.29, 1.82) is 0 Å². The summed E-state index contributed by atoms with van der Waals surface area (Å²) >= 11 is 1.11. The Morgan fingerprint density at radius 2 is 1.74 bits per heavy atom. The summed E-state index contributed by atoms with van der Waals surface area (Å²) in [5, 5.41) is 17.2. The van der Waals surface area contributed by atoms with Gasteiger partial charge in [-0.2, -0.15) is 0 Å². The van der Waals surface area contributed by atoms with Gasteiger partial charge in [-0.3, -0.25) is 4.57 Å². The quantitative estimate of drug-likeness (QED) is 0.279. The molecular formula is C25H25N2O5PS. The lowest BCUT2D eigenvalue weighted by molar-refractivity contribution is 0.0703. The molecule has 0 saturated carbocycles. The molecule has 2 aromatic heterocycles. The van der Waals surface area contributed by atoms with Crippen molar-refractivity contribution in [2.24, 2.45) is 0 Å². The number of carboxylic acid groups (broad SMARTS) is 1. The van der Waals surface area contributed by atoms with Crippen LogP contribution in [0, 0.1) is 27.7 Å². The predicted molar refractivity (Wildman–Crippen MR) is 135 cm³/mol. The minimum absolute atomic E-state index is 0.0619. The number of carbonyl (C=O) groups is 1. The second kappa shape index (κ2) is 9.22. The van der Waals surface area contributed by atoms with Gasteiger partial charge in [-0.05, 0) is 56.5 Å². The Kier molecular flexibility index (Phi) is 6.49. The standard InChI is InChI=1S/C25H25N2O5PS/c1-14-6-11-21(15(2)12-14)33(30,31-5)27-20-13-22(34-24(20)25(28)29)18-7-9-19(10-8-18)23-16(3)26-32-17(23)4/h6-13H,1-5H3,(H,27,30)(H,28,29). The smallest absolute Gasteiger partial charge is 0.348 e. The predicted octanol–water partition coefficient (Wildman–Crippen LogP) is 6.58. The van der Waals surface area contributed by atoms with E-state index < -0.39 is 13.5 Å². The van der Waals surface area contributed by atoms with Gasteiger partial charge in [0.1, 0.15) is 10.6 Å². The van der Waals surface area contributed by atoms with Crippen molar-refractivity contribution in [3.8, 4) is 21.6 Å². The van der Waals surface area contributed by atoms with Gasteiger partial charge >= 0.3 is 13.5 Å². The molecule has 0 aliphatic carbocycles. The van der Waals surface area contributed by atoms with E-state index in [-0.39, 0.29) is 10.6 Å².